The molecular weight excluding hydrogens is 170 g/mol. The third kappa shape index (κ3) is 99.5. The second-order valence-electron chi connectivity index (χ2n) is 2.11. The maximum atomic E-state index is 9.53. The molecule has 0 radical (unpaired) electrons. The second kappa shape index (κ2) is 22.4. The van der Waals surface area contributed by atoms with Crippen LogP contribution in [0, 0.1) is 0 Å². The Labute approximate surface area is 91.3 Å². The second-order valence-corrected chi connectivity index (χ2v) is 2.11. The van der Waals surface area contributed by atoms with E-state index in [0.29, 0.717) is 0 Å². The van der Waals surface area contributed by atoms with E-state index < -0.39 is 6.10 Å². The Morgan fingerprint density at radius 1 is 1.18 bits per heavy atom. The molecule has 0 aliphatic heterocycles. The summed E-state index contributed by atoms with van der Waals surface area (Å²) in [5.41, 5.74) is 0. The van der Waals surface area contributed by atoms with E-state index in [1.165, 1.54) is 0 Å². The molecule has 0 aliphatic rings. The van der Waals surface area contributed by atoms with Gasteiger partial charge >= 0.3 is 34.7 Å². The third-order valence-corrected chi connectivity index (χ3v) is 0.498. The van der Waals surface area contributed by atoms with Gasteiger partial charge in [0.1, 0.15) is 0 Å². The van der Waals surface area contributed by atoms with Gasteiger partial charge in [-0.1, -0.05) is 33.6 Å². The molecule has 0 N–H and O–H groups in total. The molecule has 0 saturated carbocycles. The molecule has 0 aromatic carbocycles. The van der Waals surface area contributed by atoms with Crippen molar-refractivity contribution < 1.29 is 10.2 Å². The quantitative estimate of drug-likeness (QED) is 0.527. The Morgan fingerprint density at radius 3 is 1.45 bits per heavy atom. The van der Waals surface area contributed by atoms with Crippen LogP contribution in [0.1, 0.15) is 33.6 Å². The average Bonchev–Trinajstić information content (AvgIpc) is 1.66. The molecule has 0 spiro atoms. The molecule has 0 rings (SSSR count). The number of rotatable bonds is 2. The van der Waals surface area contributed by atoms with Crippen molar-refractivity contribution in [2.75, 3.05) is 6.61 Å². The first-order chi connectivity index (χ1) is 4.15. The first-order valence-electron chi connectivity index (χ1n) is 3.39. The SMILES string of the molecule is CC(C)[O-].CCCC[O-].[Al+3].[Al+3]. The molecule has 0 fully saturated rings. The molecule has 0 amide bonds. The van der Waals surface area contributed by atoms with Crippen molar-refractivity contribution in [3.8, 4) is 0 Å². The van der Waals surface area contributed by atoms with Gasteiger partial charge in [0.05, 0.1) is 0 Å². The molecule has 0 aromatic rings. The Hall–Kier alpha value is 0.985. The van der Waals surface area contributed by atoms with Crippen molar-refractivity contribution in [1.29, 1.82) is 0 Å². The van der Waals surface area contributed by atoms with Crippen LogP contribution in [0.25, 0.3) is 0 Å². The van der Waals surface area contributed by atoms with Crippen molar-refractivity contribution in [2.45, 2.75) is 39.7 Å². The molecule has 0 unspecified atom stereocenters. The summed E-state index contributed by atoms with van der Waals surface area (Å²) >= 11 is 0. The normalized spacial score (nSPS) is 7.09. The molecule has 0 aromatic heterocycles. The maximum absolute atomic E-state index is 9.53. The van der Waals surface area contributed by atoms with Gasteiger partial charge in [0.15, 0.2) is 0 Å². The molecule has 58 valence electrons. The van der Waals surface area contributed by atoms with Crippen molar-refractivity contribution in [2.24, 2.45) is 0 Å². The first kappa shape index (κ1) is 22.7. The number of unbranched alkanes of at least 4 members (excludes halogenated alkanes) is 1. The van der Waals surface area contributed by atoms with Crippen LogP contribution < -0.4 is 10.2 Å². The predicted molar refractivity (Wildman–Crippen MR) is 46.4 cm³/mol. The van der Waals surface area contributed by atoms with E-state index >= 15 is 0 Å². The Bertz CT molecular complexity index is 38.7. The van der Waals surface area contributed by atoms with E-state index in [0.717, 1.165) is 12.8 Å². The van der Waals surface area contributed by atoms with Gasteiger partial charge in [-0.3, -0.25) is 0 Å². The fraction of sp³-hybridized carbons (Fsp3) is 1.00. The van der Waals surface area contributed by atoms with Crippen LogP contribution in [0.5, 0.6) is 0 Å². The molecule has 0 bridgehead atoms. The van der Waals surface area contributed by atoms with Crippen LogP contribution in [-0.2, 0) is 0 Å². The van der Waals surface area contributed by atoms with Crippen LogP contribution >= 0.6 is 0 Å². The molecule has 0 aliphatic carbocycles. The zero-order valence-corrected chi connectivity index (χ0v) is 9.98. The molecule has 2 nitrogen and oxygen atoms in total. The molecule has 11 heavy (non-hydrogen) atoms. The van der Waals surface area contributed by atoms with Crippen LogP contribution in [0.4, 0.5) is 0 Å². The van der Waals surface area contributed by atoms with Crippen LogP contribution in [0.3, 0.4) is 0 Å². The van der Waals surface area contributed by atoms with Gasteiger partial charge in [-0.15, -0.1) is 12.7 Å². The van der Waals surface area contributed by atoms with Crippen molar-refractivity contribution in [3.05, 3.63) is 0 Å². The van der Waals surface area contributed by atoms with Gasteiger partial charge in [0, 0.05) is 0 Å². The maximum Gasteiger partial charge on any atom is 3.00 e. The van der Waals surface area contributed by atoms with E-state index in [4.69, 9.17) is 0 Å². The smallest absolute Gasteiger partial charge is 0.854 e. The fourth-order valence-electron chi connectivity index (χ4n) is 0.144. The summed E-state index contributed by atoms with van der Waals surface area (Å²) in [5, 5.41) is 19.1. The Kier molecular flexibility index (Phi) is 46.3. The molecule has 0 heterocycles. The summed E-state index contributed by atoms with van der Waals surface area (Å²) in [5.74, 6) is 0. The monoisotopic (exact) mass is 186 g/mol. The van der Waals surface area contributed by atoms with E-state index in [2.05, 4.69) is 0 Å². The van der Waals surface area contributed by atoms with Crippen LogP contribution in [-0.4, -0.2) is 47.4 Å². The van der Waals surface area contributed by atoms with E-state index in [1.54, 1.807) is 13.8 Å². The summed E-state index contributed by atoms with van der Waals surface area (Å²) in [6, 6.07) is 0. The van der Waals surface area contributed by atoms with Gasteiger partial charge in [-0.2, -0.15) is 0 Å². The van der Waals surface area contributed by atoms with Gasteiger partial charge in [0.2, 0.25) is 0 Å². The van der Waals surface area contributed by atoms with Crippen molar-refractivity contribution in [3.63, 3.8) is 0 Å². The first-order valence-corrected chi connectivity index (χ1v) is 3.39. The Balaban J connectivity index is -0.0000000383. The van der Waals surface area contributed by atoms with Gasteiger partial charge in [0.25, 0.3) is 0 Å². The fourth-order valence-corrected chi connectivity index (χ4v) is 0.144. The molecule has 0 saturated heterocycles. The molecule has 0 atom stereocenters. The minimum atomic E-state index is -0.417. The number of hydrogen-bond acceptors (Lipinski definition) is 2. The molecule has 4 heteroatoms. The van der Waals surface area contributed by atoms with E-state index in [9.17, 15) is 10.2 Å². The van der Waals surface area contributed by atoms with Crippen molar-refractivity contribution in [1.82, 2.24) is 0 Å². The van der Waals surface area contributed by atoms with Gasteiger partial charge in [-0.25, -0.2) is 0 Å². The average molecular weight is 186 g/mol. The van der Waals surface area contributed by atoms with Gasteiger partial charge in [-0.05, 0) is 0 Å². The summed E-state index contributed by atoms with van der Waals surface area (Å²) in [7, 11) is 0. The largest absolute Gasteiger partial charge is 3.00 e. The van der Waals surface area contributed by atoms with Gasteiger partial charge < -0.3 is 10.2 Å². The van der Waals surface area contributed by atoms with Crippen molar-refractivity contribution >= 4 is 34.7 Å². The minimum Gasteiger partial charge on any atom is -0.854 e. The predicted octanol–water partition coefficient (Wildman–Crippen LogP) is -0.860. The molecular formula is C7H16Al2O2+4. The van der Waals surface area contributed by atoms with Crippen LogP contribution in [0.2, 0.25) is 0 Å². The van der Waals surface area contributed by atoms with E-state index in [1.807, 2.05) is 6.92 Å². The topological polar surface area (TPSA) is 46.1 Å². The number of hydrogen-bond donors (Lipinski definition) is 0. The standard InChI is InChI=1S/C4H9O.C3H7O.2Al/c1-2-3-4-5;1-3(2)4;;/h2-4H2,1H3;3H,1-2H3;;/q2*-1;2*+3. The summed E-state index contributed by atoms with van der Waals surface area (Å²) in [4.78, 5) is 0. The summed E-state index contributed by atoms with van der Waals surface area (Å²) in [6.07, 6.45) is 1.45. The minimum absolute atomic E-state index is 0. The van der Waals surface area contributed by atoms with E-state index in [-0.39, 0.29) is 41.3 Å². The Morgan fingerprint density at radius 2 is 1.45 bits per heavy atom. The summed E-state index contributed by atoms with van der Waals surface area (Å²) in [6.45, 7) is 5.33. The third-order valence-electron chi connectivity index (χ3n) is 0.498. The van der Waals surface area contributed by atoms with Crippen LogP contribution in [0.15, 0.2) is 0 Å². The zero-order valence-electron chi connectivity index (χ0n) is 7.67. The summed E-state index contributed by atoms with van der Waals surface area (Å²) < 4.78 is 0. The zero-order chi connectivity index (χ0) is 7.70.